The number of carboxylic acids is 1. The van der Waals surface area contributed by atoms with E-state index < -0.39 is 18.3 Å². The highest BCUT2D eigenvalue weighted by Crippen LogP contribution is 2.28. The molecule has 0 aliphatic carbocycles. The minimum absolute atomic E-state index is 0.263. The monoisotopic (exact) mass is 263 g/mol. The molecule has 0 unspecified atom stereocenters. The Labute approximate surface area is 113 Å². The Hall–Kier alpha value is -1.84. The Morgan fingerprint density at radius 3 is 2.26 bits per heavy atom. The second-order valence-electron chi connectivity index (χ2n) is 5.27. The Bertz CT molecular complexity index is 478. The first-order valence-corrected chi connectivity index (χ1v) is 6.46. The molecule has 0 bridgehead atoms. The van der Waals surface area contributed by atoms with Gasteiger partial charge < -0.3 is 10.4 Å². The van der Waals surface area contributed by atoms with E-state index in [9.17, 15) is 9.59 Å². The van der Waals surface area contributed by atoms with Crippen molar-refractivity contribution in [1.29, 1.82) is 0 Å². The fraction of sp³-hybridized carbons (Fsp3) is 0.467. The number of carbonyl (C=O) groups is 2. The Kier molecular flexibility index (Phi) is 5.10. The molecule has 0 saturated heterocycles. The van der Waals surface area contributed by atoms with Crippen LogP contribution < -0.4 is 5.32 Å². The molecular weight excluding hydrogens is 242 g/mol. The van der Waals surface area contributed by atoms with Crippen LogP contribution in [0.3, 0.4) is 0 Å². The first-order chi connectivity index (χ1) is 8.81. The van der Waals surface area contributed by atoms with Gasteiger partial charge in [0.15, 0.2) is 0 Å². The fourth-order valence-corrected chi connectivity index (χ4v) is 1.86. The smallest absolute Gasteiger partial charge is 0.312 e. The average Bonchev–Trinajstić information content (AvgIpc) is 2.27. The number of anilines is 1. The van der Waals surface area contributed by atoms with E-state index in [0.717, 1.165) is 5.56 Å². The van der Waals surface area contributed by atoms with Crippen molar-refractivity contribution < 1.29 is 14.7 Å². The molecule has 0 saturated carbocycles. The van der Waals surface area contributed by atoms with E-state index in [1.165, 1.54) is 5.56 Å². The van der Waals surface area contributed by atoms with Gasteiger partial charge in [0.05, 0.1) is 0 Å². The summed E-state index contributed by atoms with van der Waals surface area (Å²) in [5, 5.41) is 11.3. The molecule has 0 radical (unpaired) electrons. The largest absolute Gasteiger partial charge is 0.481 e. The van der Waals surface area contributed by atoms with Crippen LogP contribution in [0, 0.1) is 0 Å². The minimum atomic E-state index is -1.12. The summed E-state index contributed by atoms with van der Waals surface area (Å²) >= 11 is 0. The van der Waals surface area contributed by atoms with Gasteiger partial charge in [0.2, 0.25) is 5.91 Å². The number of nitrogens with one attached hydrogen (secondary N) is 1. The van der Waals surface area contributed by atoms with E-state index in [1.54, 1.807) is 0 Å². The van der Waals surface area contributed by atoms with Crippen LogP contribution in [0.1, 0.15) is 57.1 Å². The zero-order valence-corrected chi connectivity index (χ0v) is 11.9. The molecule has 0 aliphatic heterocycles. The molecule has 0 aliphatic rings. The van der Waals surface area contributed by atoms with Crippen molar-refractivity contribution in [3.8, 4) is 0 Å². The van der Waals surface area contributed by atoms with E-state index in [0.29, 0.717) is 11.6 Å². The predicted molar refractivity (Wildman–Crippen MR) is 75.5 cm³/mol. The third-order valence-electron chi connectivity index (χ3n) is 2.95. The van der Waals surface area contributed by atoms with Gasteiger partial charge in [-0.05, 0) is 29.0 Å². The van der Waals surface area contributed by atoms with Crippen LogP contribution in [0.15, 0.2) is 18.2 Å². The molecule has 4 heteroatoms. The number of aliphatic carboxylic acids is 1. The number of amides is 1. The Balaban J connectivity index is 3.00. The number of carbonyl (C=O) groups excluding carboxylic acids is 1. The summed E-state index contributed by atoms with van der Waals surface area (Å²) in [6.07, 6.45) is -0.510. The van der Waals surface area contributed by atoms with E-state index in [2.05, 4.69) is 25.2 Å². The summed E-state index contributed by atoms with van der Waals surface area (Å²) in [5.74, 6) is -0.936. The van der Waals surface area contributed by atoms with Crippen molar-refractivity contribution >= 4 is 17.6 Å². The fourth-order valence-electron chi connectivity index (χ4n) is 1.86. The summed E-state index contributed by atoms with van der Waals surface area (Å²) in [6.45, 7) is 8.32. The summed E-state index contributed by atoms with van der Waals surface area (Å²) in [6, 6.07) is 5.89. The average molecular weight is 263 g/mol. The topological polar surface area (TPSA) is 66.4 Å². The van der Waals surface area contributed by atoms with Gasteiger partial charge >= 0.3 is 5.97 Å². The molecule has 1 aromatic rings. The molecule has 0 heterocycles. The first kappa shape index (κ1) is 15.2. The second kappa shape index (κ2) is 6.36. The molecular formula is C15H21NO3. The summed E-state index contributed by atoms with van der Waals surface area (Å²) in [7, 11) is 0. The van der Waals surface area contributed by atoms with Crippen molar-refractivity contribution in [1.82, 2.24) is 0 Å². The molecule has 1 aromatic carbocycles. The van der Waals surface area contributed by atoms with Gasteiger partial charge in [-0.1, -0.05) is 39.8 Å². The number of benzene rings is 1. The highest BCUT2D eigenvalue weighted by atomic mass is 16.4. The summed E-state index contributed by atoms with van der Waals surface area (Å²) in [4.78, 5) is 22.0. The molecule has 0 fully saturated rings. The maximum absolute atomic E-state index is 11.5. The standard InChI is InChI=1S/C15H21NO3/c1-9(2)11-5-6-13(12(7-11)10(3)4)16-14(17)8-15(18)19/h5-7,9-10H,8H2,1-4H3,(H,16,17)(H,18,19). The first-order valence-electron chi connectivity index (χ1n) is 6.46. The van der Waals surface area contributed by atoms with Crippen molar-refractivity contribution in [2.75, 3.05) is 5.32 Å². The van der Waals surface area contributed by atoms with Crippen LogP contribution in [-0.2, 0) is 9.59 Å². The number of rotatable bonds is 5. The molecule has 4 nitrogen and oxygen atoms in total. The van der Waals surface area contributed by atoms with E-state index in [1.807, 2.05) is 26.0 Å². The molecule has 19 heavy (non-hydrogen) atoms. The lowest BCUT2D eigenvalue weighted by atomic mass is 9.94. The second-order valence-corrected chi connectivity index (χ2v) is 5.27. The Morgan fingerprint density at radius 1 is 1.16 bits per heavy atom. The lowest BCUT2D eigenvalue weighted by Gasteiger charge is -2.16. The van der Waals surface area contributed by atoms with Gasteiger partial charge in [0.25, 0.3) is 0 Å². The minimum Gasteiger partial charge on any atom is -0.481 e. The number of carboxylic acid groups (broad SMARTS) is 1. The zero-order valence-electron chi connectivity index (χ0n) is 11.9. The third kappa shape index (κ3) is 4.39. The van der Waals surface area contributed by atoms with Gasteiger partial charge in [0.1, 0.15) is 6.42 Å². The molecule has 0 aromatic heterocycles. The van der Waals surface area contributed by atoms with Gasteiger partial charge in [0, 0.05) is 5.69 Å². The normalized spacial score (nSPS) is 10.8. The zero-order chi connectivity index (χ0) is 14.6. The highest BCUT2D eigenvalue weighted by molar-refractivity contribution is 6.01. The summed E-state index contributed by atoms with van der Waals surface area (Å²) in [5.41, 5.74) is 2.94. The van der Waals surface area contributed by atoms with Gasteiger partial charge in [-0.15, -0.1) is 0 Å². The van der Waals surface area contributed by atoms with Crippen molar-refractivity contribution in [2.24, 2.45) is 0 Å². The van der Waals surface area contributed by atoms with Crippen LogP contribution >= 0.6 is 0 Å². The van der Waals surface area contributed by atoms with Crippen molar-refractivity contribution in [3.05, 3.63) is 29.3 Å². The Morgan fingerprint density at radius 2 is 1.79 bits per heavy atom. The highest BCUT2D eigenvalue weighted by Gasteiger charge is 2.13. The van der Waals surface area contributed by atoms with Crippen LogP contribution in [-0.4, -0.2) is 17.0 Å². The number of hydrogen-bond acceptors (Lipinski definition) is 2. The molecule has 2 N–H and O–H groups in total. The predicted octanol–water partition coefficient (Wildman–Crippen LogP) is 3.35. The summed E-state index contributed by atoms with van der Waals surface area (Å²) < 4.78 is 0. The molecule has 104 valence electrons. The van der Waals surface area contributed by atoms with Crippen LogP contribution in [0.25, 0.3) is 0 Å². The van der Waals surface area contributed by atoms with E-state index in [-0.39, 0.29) is 5.92 Å². The van der Waals surface area contributed by atoms with Gasteiger partial charge in [-0.2, -0.15) is 0 Å². The van der Waals surface area contributed by atoms with Crippen molar-refractivity contribution in [3.63, 3.8) is 0 Å². The number of hydrogen-bond donors (Lipinski definition) is 2. The van der Waals surface area contributed by atoms with Crippen LogP contribution in [0.2, 0.25) is 0 Å². The third-order valence-corrected chi connectivity index (χ3v) is 2.95. The quantitative estimate of drug-likeness (QED) is 0.801. The van der Waals surface area contributed by atoms with Crippen molar-refractivity contribution in [2.45, 2.75) is 46.0 Å². The van der Waals surface area contributed by atoms with Gasteiger partial charge in [-0.3, -0.25) is 9.59 Å². The maximum Gasteiger partial charge on any atom is 0.312 e. The SMILES string of the molecule is CC(C)c1ccc(NC(=O)CC(=O)O)c(C(C)C)c1. The lowest BCUT2D eigenvalue weighted by molar-refractivity contribution is -0.139. The van der Waals surface area contributed by atoms with Crippen LogP contribution in [0.5, 0.6) is 0 Å². The van der Waals surface area contributed by atoms with Crippen LogP contribution in [0.4, 0.5) is 5.69 Å². The maximum atomic E-state index is 11.5. The van der Waals surface area contributed by atoms with E-state index >= 15 is 0 Å². The molecule has 1 amide bonds. The lowest BCUT2D eigenvalue weighted by Crippen LogP contribution is -2.17. The molecule has 0 spiro atoms. The molecule has 1 rings (SSSR count). The van der Waals surface area contributed by atoms with E-state index in [4.69, 9.17) is 5.11 Å². The van der Waals surface area contributed by atoms with Gasteiger partial charge in [-0.25, -0.2) is 0 Å². The molecule has 0 atom stereocenters.